The smallest absolute Gasteiger partial charge is 0.0412 e. The van der Waals surface area contributed by atoms with Crippen molar-refractivity contribution in [3.63, 3.8) is 0 Å². The number of hydrogen-bond acceptors (Lipinski definition) is 0. The van der Waals surface area contributed by atoms with Gasteiger partial charge in [0.25, 0.3) is 0 Å². The van der Waals surface area contributed by atoms with Crippen LogP contribution < -0.4 is 0 Å². The summed E-state index contributed by atoms with van der Waals surface area (Å²) in [6.45, 7) is 7.11. The predicted molar refractivity (Wildman–Crippen MR) is 50.6 cm³/mol. The van der Waals surface area contributed by atoms with E-state index in [2.05, 4.69) is 20.8 Å². The lowest BCUT2D eigenvalue weighted by Gasteiger charge is -2.32. The molecule has 0 radical (unpaired) electrons. The zero-order valence-corrected chi connectivity index (χ0v) is 8.27. The molecule has 11 heavy (non-hydrogen) atoms. The van der Waals surface area contributed by atoms with Crippen LogP contribution >= 0.6 is 0 Å². The van der Waals surface area contributed by atoms with Crippen molar-refractivity contribution in [1.82, 2.24) is 0 Å². The van der Waals surface area contributed by atoms with Crippen molar-refractivity contribution in [1.29, 1.82) is 0 Å². The Labute approximate surface area is 71.4 Å². The highest BCUT2D eigenvalue weighted by Crippen LogP contribution is 2.35. The maximum atomic E-state index is 2.42. The summed E-state index contributed by atoms with van der Waals surface area (Å²) in [4.78, 5) is 0. The second-order valence-electron chi connectivity index (χ2n) is 4.36. The largest absolute Gasteiger partial charge is 0.0651 e. The second-order valence-corrected chi connectivity index (χ2v) is 4.36. The zero-order valence-electron chi connectivity index (χ0n) is 8.27. The second kappa shape index (κ2) is 4.13. The lowest BCUT2D eigenvalue weighted by atomic mass is 9.74. The Kier molecular flexibility index (Phi) is 3.42. The molecule has 0 spiro atoms. The molecule has 0 saturated heterocycles. The van der Waals surface area contributed by atoms with Crippen LogP contribution in [0.2, 0.25) is 0 Å². The molecule has 3 atom stereocenters. The van der Waals surface area contributed by atoms with Gasteiger partial charge in [-0.25, -0.2) is 0 Å². The average molecular weight is 154 g/mol. The zero-order chi connectivity index (χ0) is 8.27. The molecule has 0 heterocycles. The van der Waals surface area contributed by atoms with Gasteiger partial charge in [-0.15, -0.1) is 0 Å². The topological polar surface area (TPSA) is 0 Å². The molecular weight excluding hydrogens is 132 g/mol. The van der Waals surface area contributed by atoms with Gasteiger partial charge in [-0.1, -0.05) is 33.6 Å². The number of hydrogen-bond donors (Lipinski definition) is 0. The molecule has 1 rings (SSSR count). The van der Waals surface area contributed by atoms with Gasteiger partial charge in [-0.05, 0) is 37.0 Å². The minimum absolute atomic E-state index is 0.999. The fraction of sp³-hybridized carbons (Fsp3) is 1.00. The van der Waals surface area contributed by atoms with Crippen LogP contribution in [-0.2, 0) is 0 Å². The molecule has 0 aromatic rings. The van der Waals surface area contributed by atoms with Crippen molar-refractivity contribution in [3.8, 4) is 0 Å². The normalized spacial score (nSPS) is 39.0. The van der Waals surface area contributed by atoms with Gasteiger partial charge in [0.15, 0.2) is 0 Å². The molecule has 1 aliphatic carbocycles. The summed E-state index contributed by atoms with van der Waals surface area (Å²) in [5.74, 6) is 3.09. The minimum Gasteiger partial charge on any atom is -0.0651 e. The van der Waals surface area contributed by atoms with E-state index in [9.17, 15) is 0 Å². The first-order valence-electron chi connectivity index (χ1n) is 5.26. The third-order valence-corrected chi connectivity index (χ3v) is 3.29. The maximum absolute atomic E-state index is 2.42. The Morgan fingerprint density at radius 3 is 1.73 bits per heavy atom. The first-order chi connectivity index (χ1) is 5.26. The monoisotopic (exact) mass is 154 g/mol. The predicted octanol–water partition coefficient (Wildman–Crippen LogP) is 3.86. The van der Waals surface area contributed by atoms with Gasteiger partial charge >= 0.3 is 0 Å². The van der Waals surface area contributed by atoms with Crippen LogP contribution in [-0.4, -0.2) is 0 Å². The molecular formula is C11H22. The van der Waals surface area contributed by atoms with E-state index in [-0.39, 0.29) is 0 Å². The Morgan fingerprint density at radius 1 is 0.909 bits per heavy atom. The summed E-state index contributed by atoms with van der Waals surface area (Å²) in [7, 11) is 0. The fourth-order valence-corrected chi connectivity index (χ4v) is 2.56. The summed E-state index contributed by atoms with van der Waals surface area (Å²) >= 11 is 0. The molecule has 0 amide bonds. The van der Waals surface area contributed by atoms with Gasteiger partial charge in [0, 0.05) is 0 Å². The third-order valence-electron chi connectivity index (χ3n) is 3.29. The van der Waals surface area contributed by atoms with Crippen LogP contribution in [0.4, 0.5) is 0 Å². The van der Waals surface area contributed by atoms with Gasteiger partial charge in [0.2, 0.25) is 0 Å². The van der Waals surface area contributed by atoms with Crippen molar-refractivity contribution < 1.29 is 0 Å². The molecule has 2 unspecified atom stereocenters. The molecule has 0 heteroatoms. The van der Waals surface area contributed by atoms with Crippen molar-refractivity contribution in [2.45, 2.75) is 52.9 Å². The first kappa shape index (κ1) is 9.09. The summed E-state index contributed by atoms with van der Waals surface area (Å²) in [5, 5.41) is 0. The van der Waals surface area contributed by atoms with E-state index in [4.69, 9.17) is 0 Å². The summed E-state index contributed by atoms with van der Waals surface area (Å²) in [5.41, 5.74) is 0. The van der Waals surface area contributed by atoms with Gasteiger partial charge in [-0.3, -0.25) is 0 Å². The molecule has 0 aromatic carbocycles. The molecule has 1 fully saturated rings. The van der Waals surface area contributed by atoms with Crippen LogP contribution in [0.25, 0.3) is 0 Å². The quantitative estimate of drug-likeness (QED) is 0.566. The maximum Gasteiger partial charge on any atom is -0.0412 e. The van der Waals surface area contributed by atoms with Crippen LogP contribution in [0.5, 0.6) is 0 Å². The van der Waals surface area contributed by atoms with Crippen LogP contribution in [0.15, 0.2) is 0 Å². The Morgan fingerprint density at radius 2 is 1.36 bits per heavy atom. The van der Waals surface area contributed by atoms with E-state index >= 15 is 0 Å². The highest BCUT2D eigenvalue weighted by atomic mass is 14.3. The van der Waals surface area contributed by atoms with Crippen molar-refractivity contribution in [2.75, 3.05) is 0 Å². The van der Waals surface area contributed by atoms with Gasteiger partial charge in [0.05, 0.1) is 0 Å². The van der Waals surface area contributed by atoms with Crippen LogP contribution in [0, 0.1) is 17.8 Å². The third kappa shape index (κ3) is 2.50. The van der Waals surface area contributed by atoms with E-state index in [1.165, 1.54) is 32.1 Å². The molecule has 66 valence electrons. The van der Waals surface area contributed by atoms with E-state index < -0.39 is 0 Å². The lowest BCUT2D eigenvalue weighted by molar-refractivity contribution is 0.198. The minimum atomic E-state index is 0.999. The SMILES string of the molecule is CCC1CC(C)C[C@H](CC)C1. The molecule has 1 aliphatic rings. The Balaban J connectivity index is 2.37. The van der Waals surface area contributed by atoms with E-state index in [1.807, 2.05) is 0 Å². The summed E-state index contributed by atoms with van der Waals surface area (Å²) < 4.78 is 0. The Hall–Kier alpha value is 0. The van der Waals surface area contributed by atoms with Gasteiger partial charge in [-0.2, -0.15) is 0 Å². The molecule has 0 N–H and O–H groups in total. The molecule has 0 aliphatic heterocycles. The van der Waals surface area contributed by atoms with E-state index in [0.717, 1.165) is 17.8 Å². The molecule has 1 saturated carbocycles. The average Bonchev–Trinajstić information content (AvgIpc) is 2.03. The first-order valence-corrected chi connectivity index (χ1v) is 5.26. The van der Waals surface area contributed by atoms with E-state index in [0.29, 0.717) is 0 Å². The fourth-order valence-electron chi connectivity index (χ4n) is 2.56. The standard InChI is InChI=1S/C11H22/c1-4-10-6-9(3)7-11(5-2)8-10/h9-11H,4-8H2,1-3H3/t9?,10-,11?/m0/s1. The molecule has 0 bridgehead atoms. The summed E-state index contributed by atoms with van der Waals surface area (Å²) in [6, 6.07) is 0. The van der Waals surface area contributed by atoms with Crippen molar-refractivity contribution >= 4 is 0 Å². The summed E-state index contributed by atoms with van der Waals surface area (Å²) in [6.07, 6.45) is 7.30. The lowest BCUT2D eigenvalue weighted by Crippen LogP contribution is -2.20. The number of rotatable bonds is 2. The molecule has 0 aromatic heterocycles. The van der Waals surface area contributed by atoms with Gasteiger partial charge in [0.1, 0.15) is 0 Å². The van der Waals surface area contributed by atoms with Crippen LogP contribution in [0.1, 0.15) is 52.9 Å². The van der Waals surface area contributed by atoms with Crippen LogP contribution in [0.3, 0.4) is 0 Å². The van der Waals surface area contributed by atoms with E-state index in [1.54, 1.807) is 0 Å². The Bertz CT molecular complexity index is 94.6. The van der Waals surface area contributed by atoms with Crippen molar-refractivity contribution in [3.05, 3.63) is 0 Å². The van der Waals surface area contributed by atoms with Gasteiger partial charge < -0.3 is 0 Å². The highest BCUT2D eigenvalue weighted by Gasteiger charge is 2.23. The highest BCUT2D eigenvalue weighted by molar-refractivity contribution is 4.75. The molecule has 0 nitrogen and oxygen atoms in total. The van der Waals surface area contributed by atoms with Crippen molar-refractivity contribution in [2.24, 2.45) is 17.8 Å².